The average Bonchev–Trinajstić information content (AvgIpc) is 3.44. The predicted octanol–water partition coefficient (Wildman–Crippen LogP) is 3.08. The van der Waals surface area contributed by atoms with Gasteiger partial charge in [-0.05, 0) is 53.8 Å². The van der Waals surface area contributed by atoms with Gasteiger partial charge < -0.3 is 15.4 Å². The van der Waals surface area contributed by atoms with Gasteiger partial charge in [-0.3, -0.25) is 4.79 Å². The second-order valence-corrected chi connectivity index (χ2v) is 8.57. The first-order valence-electron chi connectivity index (χ1n) is 9.64. The van der Waals surface area contributed by atoms with E-state index in [0.717, 1.165) is 47.3 Å². The maximum atomic E-state index is 12.8. The summed E-state index contributed by atoms with van der Waals surface area (Å²) in [4.78, 5) is 24.2. The molecule has 2 aromatic heterocycles. The largest absolute Gasteiger partial charge is 0.472 e. The smallest absolute Gasteiger partial charge is 0.253 e. The third kappa shape index (κ3) is 3.14. The summed E-state index contributed by atoms with van der Waals surface area (Å²) in [6.45, 7) is 2.03. The fourth-order valence-corrected chi connectivity index (χ4v) is 5.16. The molecule has 1 saturated heterocycles. The van der Waals surface area contributed by atoms with Crippen LogP contribution in [0.15, 0.2) is 42.0 Å². The van der Waals surface area contributed by atoms with Crippen molar-refractivity contribution in [2.75, 3.05) is 13.1 Å². The number of thiophene rings is 1. The van der Waals surface area contributed by atoms with Crippen molar-refractivity contribution >= 4 is 27.5 Å². The summed E-state index contributed by atoms with van der Waals surface area (Å²) in [6.07, 6.45) is 3.76. The first kappa shape index (κ1) is 17.6. The van der Waals surface area contributed by atoms with Crippen molar-refractivity contribution in [3.8, 4) is 5.88 Å². The molecule has 0 spiro atoms. The monoisotopic (exact) mass is 394 g/mol. The predicted molar refractivity (Wildman–Crippen MR) is 108 cm³/mol. The molecule has 3 unspecified atom stereocenters. The van der Waals surface area contributed by atoms with E-state index in [0.29, 0.717) is 24.3 Å². The number of amides is 1. The highest BCUT2D eigenvalue weighted by atomic mass is 32.1. The summed E-state index contributed by atoms with van der Waals surface area (Å²) in [5.41, 5.74) is 7.91. The Bertz CT molecular complexity index is 1000. The second kappa shape index (κ2) is 7.14. The van der Waals surface area contributed by atoms with Gasteiger partial charge in [-0.25, -0.2) is 9.97 Å². The molecule has 1 aromatic carbocycles. The van der Waals surface area contributed by atoms with Gasteiger partial charge in [0.25, 0.3) is 5.91 Å². The molecule has 144 valence electrons. The summed E-state index contributed by atoms with van der Waals surface area (Å²) in [5, 5.41) is 2.91. The maximum absolute atomic E-state index is 12.8. The Morgan fingerprint density at radius 2 is 2.04 bits per heavy atom. The van der Waals surface area contributed by atoms with Crippen LogP contribution in [0, 0.1) is 11.8 Å². The Balaban J connectivity index is 1.23. The van der Waals surface area contributed by atoms with Crippen LogP contribution in [0.2, 0.25) is 0 Å². The van der Waals surface area contributed by atoms with Gasteiger partial charge in [0.2, 0.25) is 5.88 Å². The van der Waals surface area contributed by atoms with Crippen LogP contribution in [0.25, 0.3) is 10.2 Å². The standard InChI is InChI=1S/C21H22N4O2S/c22-18-6-5-15-9-25(10-17(15)18)21(26)14-3-1-13(2-4-14)11-27-19-16-7-8-28-20(16)24-12-23-19/h1-4,7-8,12,15,17-18H,5-6,9-11,22H2. The van der Waals surface area contributed by atoms with Crippen molar-refractivity contribution < 1.29 is 9.53 Å². The lowest BCUT2D eigenvalue weighted by atomic mass is 9.98. The summed E-state index contributed by atoms with van der Waals surface area (Å²) in [5.74, 6) is 1.74. The number of aromatic nitrogens is 2. The number of benzene rings is 1. The fraction of sp³-hybridized carbons (Fsp3) is 0.381. The van der Waals surface area contributed by atoms with Crippen molar-refractivity contribution in [1.82, 2.24) is 14.9 Å². The van der Waals surface area contributed by atoms with Gasteiger partial charge in [0.15, 0.2) is 0 Å². The normalized spacial score (nSPS) is 23.9. The van der Waals surface area contributed by atoms with Crippen LogP contribution in [-0.2, 0) is 6.61 Å². The van der Waals surface area contributed by atoms with Crippen molar-refractivity contribution in [1.29, 1.82) is 0 Å². The minimum atomic E-state index is 0.102. The van der Waals surface area contributed by atoms with Crippen LogP contribution in [0.4, 0.5) is 0 Å². The van der Waals surface area contributed by atoms with E-state index in [-0.39, 0.29) is 11.9 Å². The van der Waals surface area contributed by atoms with E-state index in [1.54, 1.807) is 11.3 Å². The summed E-state index contributed by atoms with van der Waals surface area (Å²) in [7, 11) is 0. The molecule has 5 rings (SSSR count). The summed E-state index contributed by atoms with van der Waals surface area (Å²) in [6, 6.07) is 9.88. The van der Waals surface area contributed by atoms with Gasteiger partial charge >= 0.3 is 0 Å². The second-order valence-electron chi connectivity index (χ2n) is 7.68. The molecule has 1 amide bonds. The molecule has 3 aromatic rings. The Morgan fingerprint density at radius 3 is 2.86 bits per heavy atom. The van der Waals surface area contributed by atoms with Crippen LogP contribution in [0.1, 0.15) is 28.8 Å². The summed E-state index contributed by atoms with van der Waals surface area (Å²) >= 11 is 1.57. The van der Waals surface area contributed by atoms with Gasteiger partial charge in [0.1, 0.15) is 17.8 Å². The molecular formula is C21H22N4O2S. The van der Waals surface area contributed by atoms with E-state index in [4.69, 9.17) is 10.5 Å². The van der Waals surface area contributed by atoms with E-state index >= 15 is 0 Å². The zero-order valence-corrected chi connectivity index (χ0v) is 16.3. The molecular weight excluding hydrogens is 372 g/mol. The van der Waals surface area contributed by atoms with Gasteiger partial charge in [-0.2, -0.15) is 0 Å². The SMILES string of the molecule is NC1CCC2CN(C(=O)c3ccc(COc4ncnc5sccc45)cc3)CC12. The molecule has 1 aliphatic carbocycles. The number of ether oxygens (including phenoxy) is 1. The van der Waals surface area contributed by atoms with Crippen molar-refractivity contribution in [3.63, 3.8) is 0 Å². The van der Waals surface area contributed by atoms with Gasteiger partial charge in [-0.1, -0.05) is 12.1 Å². The van der Waals surface area contributed by atoms with Crippen LogP contribution >= 0.6 is 11.3 Å². The van der Waals surface area contributed by atoms with E-state index in [1.165, 1.54) is 6.33 Å². The van der Waals surface area contributed by atoms with E-state index in [9.17, 15) is 4.79 Å². The minimum Gasteiger partial charge on any atom is -0.472 e. The Kier molecular flexibility index (Phi) is 4.49. The van der Waals surface area contributed by atoms with E-state index in [1.807, 2.05) is 40.6 Å². The number of rotatable bonds is 4. The maximum Gasteiger partial charge on any atom is 0.253 e. The molecule has 6 nitrogen and oxygen atoms in total. The topological polar surface area (TPSA) is 81.3 Å². The zero-order valence-electron chi connectivity index (χ0n) is 15.5. The third-order valence-electron chi connectivity index (χ3n) is 6.00. The van der Waals surface area contributed by atoms with Crippen LogP contribution in [0.3, 0.4) is 0 Å². The van der Waals surface area contributed by atoms with Gasteiger partial charge in [0.05, 0.1) is 5.39 Å². The molecule has 1 saturated carbocycles. The Hall–Kier alpha value is -2.51. The number of nitrogens with zero attached hydrogens (tertiary/aromatic N) is 3. The molecule has 0 radical (unpaired) electrons. The lowest BCUT2D eigenvalue weighted by molar-refractivity contribution is 0.0779. The van der Waals surface area contributed by atoms with E-state index in [2.05, 4.69) is 9.97 Å². The molecule has 7 heteroatoms. The van der Waals surface area contributed by atoms with E-state index < -0.39 is 0 Å². The molecule has 2 N–H and O–H groups in total. The number of hydrogen-bond donors (Lipinski definition) is 1. The first-order valence-corrected chi connectivity index (χ1v) is 10.5. The summed E-state index contributed by atoms with van der Waals surface area (Å²) < 4.78 is 5.87. The number of fused-ring (bicyclic) bond motifs is 2. The van der Waals surface area contributed by atoms with Gasteiger partial charge in [-0.15, -0.1) is 11.3 Å². The fourth-order valence-electron chi connectivity index (χ4n) is 4.43. The van der Waals surface area contributed by atoms with Crippen LogP contribution < -0.4 is 10.5 Å². The third-order valence-corrected chi connectivity index (χ3v) is 6.82. The first-order chi connectivity index (χ1) is 13.7. The Morgan fingerprint density at radius 1 is 1.18 bits per heavy atom. The lowest BCUT2D eigenvalue weighted by Gasteiger charge is -2.19. The Labute approximate surface area is 167 Å². The molecule has 3 heterocycles. The molecule has 3 atom stereocenters. The highest BCUT2D eigenvalue weighted by Crippen LogP contribution is 2.37. The van der Waals surface area contributed by atoms with Crippen molar-refractivity contribution in [2.45, 2.75) is 25.5 Å². The average molecular weight is 395 g/mol. The minimum absolute atomic E-state index is 0.102. The van der Waals surface area contributed by atoms with Gasteiger partial charge in [0, 0.05) is 24.7 Å². The lowest BCUT2D eigenvalue weighted by Crippen LogP contribution is -2.33. The highest BCUT2D eigenvalue weighted by Gasteiger charge is 2.42. The van der Waals surface area contributed by atoms with Crippen molar-refractivity contribution in [2.24, 2.45) is 17.6 Å². The number of carbonyl (C=O) groups excluding carboxylic acids is 1. The number of carbonyl (C=O) groups is 1. The number of nitrogens with two attached hydrogens (primary N) is 1. The number of likely N-dealkylation sites (tertiary alicyclic amines) is 1. The number of hydrogen-bond acceptors (Lipinski definition) is 6. The van der Waals surface area contributed by atoms with Crippen LogP contribution in [0.5, 0.6) is 5.88 Å². The molecule has 28 heavy (non-hydrogen) atoms. The molecule has 1 aliphatic heterocycles. The quantitative estimate of drug-likeness (QED) is 0.735. The van der Waals surface area contributed by atoms with Crippen LogP contribution in [-0.4, -0.2) is 39.9 Å². The zero-order chi connectivity index (χ0) is 19.1. The highest BCUT2D eigenvalue weighted by molar-refractivity contribution is 7.16. The molecule has 2 fully saturated rings. The van der Waals surface area contributed by atoms with Crippen molar-refractivity contribution in [3.05, 3.63) is 53.2 Å². The molecule has 2 aliphatic rings. The molecule has 0 bridgehead atoms.